The van der Waals surface area contributed by atoms with Crippen LogP contribution in [0.4, 0.5) is 0 Å². The molecule has 0 fully saturated rings. The van der Waals surface area contributed by atoms with Gasteiger partial charge in [-0.1, -0.05) is 58.6 Å². The number of phenolic OH excluding ortho intramolecular Hbond substituents is 2. The fraction of sp³-hybridized carbons (Fsp3) is 0.0882. The van der Waals surface area contributed by atoms with E-state index in [2.05, 4.69) is 0 Å². The molecule has 13 heteroatoms. The summed E-state index contributed by atoms with van der Waals surface area (Å²) in [5, 5.41) is 19.5. The van der Waals surface area contributed by atoms with Crippen LogP contribution in [-0.2, 0) is 30.0 Å². The van der Waals surface area contributed by atoms with E-state index in [0.29, 0.717) is 0 Å². The second kappa shape index (κ2) is 10.5. The van der Waals surface area contributed by atoms with E-state index in [1.54, 1.807) is 38.1 Å². The number of halogens is 2. The van der Waals surface area contributed by atoms with Crippen LogP contribution < -0.4 is 4.74 Å². The highest BCUT2D eigenvalue weighted by molar-refractivity contribution is 7.94. The van der Waals surface area contributed by atoms with Crippen LogP contribution in [0.1, 0.15) is 38.2 Å². The van der Waals surface area contributed by atoms with Gasteiger partial charge in [0.2, 0.25) is 19.7 Å². The van der Waals surface area contributed by atoms with Crippen molar-refractivity contribution in [2.45, 2.75) is 39.0 Å². The van der Waals surface area contributed by atoms with Crippen LogP contribution in [0.5, 0.6) is 23.0 Å². The lowest BCUT2D eigenvalue weighted by Crippen LogP contribution is -2.34. The first-order chi connectivity index (χ1) is 22.2. The second-order valence-corrected chi connectivity index (χ2v) is 15.7. The molecule has 47 heavy (non-hydrogen) atoms. The topological polar surface area (TPSA) is 144 Å². The highest BCUT2D eigenvalue weighted by Gasteiger charge is 2.59. The van der Waals surface area contributed by atoms with Gasteiger partial charge < -0.3 is 19.7 Å². The van der Waals surface area contributed by atoms with Crippen molar-refractivity contribution in [3.8, 4) is 23.0 Å². The minimum atomic E-state index is -4.86. The van der Waals surface area contributed by atoms with Crippen LogP contribution in [0.2, 0.25) is 10.0 Å². The highest BCUT2D eigenvalue weighted by atomic mass is 35.5. The summed E-state index contributed by atoms with van der Waals surface area (Å²) in [5.74, 6) is -1.69. The Morgan fingerprint density at radius 1 is 0.638 bits per heavy atom. The first-order valence-electron chi connectivity index (χ1n) is 13.9. The molecular weight excluding hydrogens is 687 g/mol. The van der Waals surface area contributed by atoms with Gasteiger partial charge in [0.05, 0.1) is 25.4 Å². The second-order valence-electron chi connectivity index (χ2n) is 11.2. The van der Waals surface area contributed by atoms with Gasteiger partial charge in [-0.3, -0.25) is 0 Å². The molecule has 0 atom stereocenters. The number of benzene rings is 5. The van der Waals surface area contributed by atoms with E-state index < -0.39 is 62.2 Å². The molecule has 0 bridgehead atoms. The number of carbonyl (C=O) groups excluding carboxylic acids is 1. The smallest absolute Gasteiger partial charge is 0.341 e. The van der Waals surface area contributed by atoms with E-state index in [1.165, 1.54) is 60.7 Å². The quantitative estimate of drug-likeness (QED) is 0.184. The Bertz CT molecular complexity index is 2350. The van der Waals surface area contributed by atoms with Crippen LogP contribution in [0.3, 0.4) is 0 Å². The summed E-state index contributed by atoms with van der Waals surface area (Å²) in [4.78, 5) is 11.7. The van der Waals surface area contributed by atoms with E-state index in [4.69, 9.17) is 32.7 Å². The van der Waals surface area contributed by atoms with Crippen LogP contribution >= 0.6 is 23.2 Å². The number of aryl methyl sites for hydroxylation is 2. The maximum Gasteiger partial charge on any atom is 0.341 e. The Morgan fingerprint density at radius 2 is 1.09 bits per heavy atom. The molecule has 0 aromatic heterocycles. The van der Waals surface area contributed by atoms with Crippen LogP contribution in [0, 0.1) is 13.8 Å². The number of aromatic hydroxyl groups is 2. The summed E-state index contributed by atoms with van der Waals surface area (Å²) in [5.41, 5.74) is -1.49. The van der Waals surface area contributed by atoms with Crippen molar-refractivity contribution in [3.63, 3.8) is 0 Å². The van der Waals surface area contributed by atoms with Gasteiger partial charge >= 0.3 is 5.97 Å². The number of fused-ring (bicyclic) bond motifs is 6. The monoisotopic (exact) mass is 708 g/mol. The zero-order valence-electron chi connectivity index (χ0n) is 24.4. The van der Waals surface area contributed by atoms with Crippen molar-refractivity contribution in [2.75, 3.05) is 0 Å². The summed E-state index contributed by atoms with van der Waals surface area (Å²) in [7, 11) is -9.64. The maximum absolute atomic E-state index is 14.9. The Labute approximate surface area is 279 Å². The Kier molecular flexibility index (Phi) is 6.93. The SMILES string of the molecule is Cc1ccc(S(=O)(=O)c2c(Cl)c(Cl)c3c(c2S(=O)(=O)c2ccc(C)cc2)C2(OC3=O)c3ccc(O)cc3Oc3cc(O)ccc32)cc1. The molecule has 0 amide bonds. The zero-order valence-corrected chi connectivity index (χ0v) is 27.6. The van der Waals surface area contributed by atoms with Crippen LogP contribution in [0.15, 0.2) is 105 Å². The van der Waals surface area contributed by atoms with Gasteiger partial charge in [-0.2, -0.15) is 0 Å². The standard InChI is InChI=1S/C34H22Cl2O9S2/c1-17-3-9-21(10-4-17)46(40,41)31-28-27(29(35)30(36)32(31)47(42,43)22-11-5-18(2)6-12-22)33(39)45-34(28)23-13-7-19(37)15-25(23)44-26-16-20(38)8-14-24(26)34/h3-16,37-38H,1-2H3. The first-order valence-corrected chi connectivity index (χ1v) is 17.7. The molecule has 0 saturated heterocycles. The fourth-order valence-corrected chi connectivity index (χ4v) is 10.5. The van der Waals surface area contributed by atoms with E-state index in [0.717, 1.165) is 11.1 Å². The lowest BCUT2D eigenvalue weighted by Gasteiger charge is -2.37. The predicted octanol–water partition coefficient (Wildman–Crippen LogP) is 7.26. The molecule has 238 valence electrons. The van der Waals surface area contributed by atoms with Crippen LogP contribution in [0.25, 0.3) is 0 Å². The number of rotatable bonds is 4. The van der Waals surface area contributed by atoms with E-state index in [-0.39, 0.29) is 43.9 Å². The third-order valence-electron chi connectivity index (χ3n) is 8.21. The lowest BCUT2D eigenvalue weighted by atomic mass is 9.77. The summed E-state index contributed by atoms with van der Waals surface area (Å²) < 4.78 is 71.2. The van der Waals surface area contributed by atoms with Crippen molar-refractivity contribution >= 4 is 48.8 Å². The number of esters is 1. The average Bonchev–Trinajstić information content (AvgIpc) is 3.31. The summed E-state index contributed by atoms with van der Waals surface area (Å²) in [6, 6.07) is 19.1. The maximum atomic E-state index is 14.9. The van der Waals surface area contributed by atoms with Crippen LogP contribution in [-0.4, -0.2) is 33.0 Å². The molecule has 2 aliphatic heterocycles. The number of ether oxygens (including phenoxy) is 2. The highest BCUT2D eigenvalue weighted by Crippen LogP contribution is 2.61. The number of hydrogen-bond donors (Lipinski definition) is 2. The summed E-state index contributed by atoms with van der Waals surface area (Å²) in [6.07, 6.45) is 0. The molecule has 0 unspecified atom stereocenters. The predicted molar refractivity (Wildman–Crippen MR) is 171 cm³/mol. The van der Waals surface area contributed by atoms with Gasteiger partial charge in [-0.25, -0.2) is 21.6 Å². The molecule has 1 spiro atoms. The minimum Gasteiger partial charge on any atom is -0.508 e. The van der Waals surface area contributed by atoms with Crippen molar-refractivity contribution in [3.05, 3.63) is 128 Å². The van der Waals surface area contributed by atoms with Gasteiger partial charge in [0, 0.05) is 28.8 Å². The molecular formula is C34H22Cl2O9S2. The Hall–Kier alpha value is -4.55. The molecule has 0 radical (unpaired) electrons. The van der Waals surface area contributed by atoms with E-state index >= 15 is 0 Å². The third kappa shape index (κ3) is 4.45. The molecule has 0 aliphatic carbocycles. The van der Waals surface area contributed by atoms with E-state index in [9.17, 15) is 31.8 Å². The number of hydrogen-bond acceptors (Lipinski definition) is 9. The fourth-order valence-electron chi connectivity index (χ4n) is 6.00. The molecule has 7 rings (SSSR count). The molecule has 2 N–H and O–H groups in total. The van der Waals surface area contributed by atoms with Crippen molar-refractivity contribution in [1.82, 2.24) is 0 Å². The van der Waals surface area contributed by atoms with Gasteiger partial charge in [0.25, 0.3) is 0 Å². The molecule has 0 saturated carbocycles. The summed E-state index contributed by atoms with van der Waals surface area (Å²) in [6.45, 7) is 3.51. The number of sulfone groups is 2. The minimum absolute atomic E-state index is 0.0537. The first kappa shape index (κ1) is 31.1. The van der Waals surface area contributed by atoms with Crippen molar-refractivity contribution < 1.29 is 41.3 Å². The molecule has 9 nitrogen and oxygen atoms in total. The molecule has 2 aliphatic rings. The van der Waals surface area contributed by atoms with Gasteiger partial charge in [0.15, 0.2) is 5.60 Å². The molecule has 5 aromatic carbocycles. The van der Waals surface area contributed by atoms with Gasteiger partial charge in [0.1, 0.15) is 32.8 Å². The Balaban J connectivity index is 1.73. The zero-order chi connectivity index (χ0) is 33.6. The largest absolute Gasteiger partial charge is 0.508 e. The summed E-state index contributed by atoms with van der Waals surface area (Å²) >= 11 is 13.5. The number of carbonyl (C=O) groups is 1. The number of phenols is 2. The Morgan fingerprint density at radius 3 is 1.55 bits per heavy atom. The normalized spacial score (nSPS) is 14.6. The average molecular weight is 710 g/mol. The van der Waals surface area contributed by atoms with E-state index in [1.807, 2.05) is 0 Å². The molecule has 2 heterocycles. The van der Waals surface area contributed by atoms with Gasteiger partial charge in [-0.05, 0) is 62.4 Å². The van der Waals surface area contributed by atoms with Crippen molar-refractivity contribution in [1.29, 1.82) is 0 Å². The molecule has 5 aromatic rings. The lowest BCUT2D eigenvalue weighted by molar-refractivity contribution is 0.0218. The van der Waals surface area contributed by atoms with Crippen molar-refractivity contribution in [2.24, 2.45) is 0 Å². The third-order valence-corrected chi connectivity index (χ3v) is 13.0. The van der Waals surface area contributed by atoms with Gasteiger partial charge in [-0.15, -0.1) is 0 Å².